The molecule has 0 aromatic heterocycles. The van der Waals surface area contributed by atoms with Crippen LogP contribution in [0.15, 0.2) is 22.7 Å². The van der Waals surface area contributed by atoms with Crippen molar-refractivity contribution in [2.45, 2.75) is 38.8 Å². The van der Waals surface area contributed by atoms with Gasteiger partial charge in [0.15, 0.2) is 0 Å². The first-order valence-electron chi connectivity index (χ1n) is 5.78. The number of nitrogens with zero attached hydrogens (tertiary/aromatic N) is 1. The lowest BCUT2D eigenvalue weighted by atomic mass is 10.0. The molecule has 1 saturated heterocycles. The number of hydrogen-bond donors (Lipinski definition) is 1. The SMILES string of the molecule is CC1(C)CCCN1Cc1cc(N)ccc1Br. The molecule has 88 valence electrons. The molecule has 1 aromatic rings. The number of anilines is 1. The lowest BCUT2D eigenvalue weighted by Crippen LogP contribution is -2.37. The van der Waals surface area contributed by atoms with Crippen LogP contribution in [0, 0.1) is 0 Å². The van der Waals surface area contributed by atoms with E-state index >= 15 is 0 Å². The number of benzene rings is 1. The van der Waals surface area contributed by atoms with Crippen molar-refractivity contribution in [2.24, 2.45) is 0 Å². The molecule has 1 aliphatic heterocycles. The molecular formula is C13H19BrN2. The highest BCUT2D eigenvalue weighted by atomic mass is 79.9. The summed E-state index contributed by atoms with van der Waals surface area (Å²) in [6.45, 7) is 6.81. The second-order valence-electron chi connectivity index (χ2n) is 5.19. The van der Waals surface area contributed by atoms with Crippen LogP contribution in [-0.4, -0.2) is 17.0 Å². The first-order valence-corrected chi connectivity index (χ1v) is 6.57. The van der Waals surface area contributed by atoms with Crippen LogP contribution in [0.2, 0.25) is 0 Å². The zero-order valence-corrected chi connectivity index (χ0v) is 11.5. The average molecular weight is 283 g/mol. The van der Waals surface area contributed by atoms with Crippen molar-refractivity contribution in [3.8, 4) is 0 Å². The number of halogens is 1. The number of rotatable bonds is 2. The number of nitrogen functional groups attached to an aromatic ring is 1. The Balaban J connectivity index is 2.17. The van der Waals surface area contributed by atoms with Gasteiger partial charge >= 0.3 is 0 Å². The third kappa shape index (κ3) is 2.41. The molecule has 1 fully saturated rings. The molecule has 2 nitrogen and oxygen atoms in total. The third-order valence-corrected chi connectivity index (χ3v) is 4.28. The molecule has 2 rings (SSSR count). The monoisotopic (exact) mass is 282 g/mol. The molecule has 0 aliphatic carbocycles. The minimum Gasteiger partial charge on any atom is -0.399 e. The maximum Gasteiger partial charge on any atom is 0.0318 e. The highest BCUT2D eigenvalue weighted by Crippen LogP contribution is 2.31. The Morgan fingerprint density at radius 3 is 2.81 bits per heavy atom. The van der Waals surface area contributed by atoms with Gasteiger partial charge in [-0.25, -0.2) is 0 Å². The van der Waals surface area contributed by atoms with Crippen LogP contribution >= 0.6 is 15.9 Å². The van der Waals surface area contributed by atoms with E-state index in [0.29, 0.717) is 5.54 Å². The molecule has 0 bridgehead atoms. The molecule has 0 atom stereocenters. The van der Waals surface area contributed by atoms with E-state index in [0.717, 1.165) is 16.7 Å². The van der Waals surface area contributed by atoms with E-state index in [4.69, 9.17) is 5.73 Å². The van der Waals surface area contributed by atoms with Gasteiger partial charge in [0.2, 0.25) is 0 Å². The van der Waals surface area contributed by atoms with E-state index < -0.39 is 0 Å². The number of nitrogens with two attached hydrogens (primary N) is 1. The summed E-state index contributed by atoms with van der Waals surface area (Å²) in [6.07, 6.45) is 2.58. The standard InChI is InChI=1S/C13H19BrN2/c1-13(2)6-3-7-16(13)9-10-8-11(15)4-5-12(10)14/h4-5,8H,3,6-7,9,15H2,1-2H3. The Hall–Kier alpha value is -0.540. The van der Waals surface area contributed by atoms with Crippen LogP contribution in [0.5, 0.6) is 0 Å². The van der Waals surface area contributed by atoms with Crippen molar-refractivity contribution in [2.75, 3.05) is 12.3 Å². The van der Waals surface area contributed by atoms with E-state index in [1.165, 1.54) is 24.9 Å². The van der Waals surface area contributed by atoms with E-state index in [9.17, 15) is 0 Å². The lowest BCUT2D eigenvalue weighted by molar-refractivity contribution is 0.166. The zero-order chi connectivity index (χ0) is 11.8. The molecule has 2 N–H and O–H groups in total. The third-order valence-electron chi connectivity index (χ3n) is 3.50. The fraction of sp³-hybridized carbons (Fsp3) is 0.538. The van der Waals surface area contributed by atoms with E-state index in [1.807, 2.05) is 12.1 Å². The molecule has 0 unspecified atom stereocenters. The largest absolute Gasteiger partial charge is 0.399 e. The van der Waals surface area contributed by atoms with Gasteiger partial charge in [0.25, 0.3) is 0 Å². The quantitative estimate of drug-likeness (QED) is 0.843. The summed E-state index contributed by atoms with van der Waals surface area (Å²) in [5.74, 6) is 0. The van der Waals surface area contributed by atoms with Gasteiger partial charge in [0.1, 0.15) is 0 Å². The second-order valence-corrected chi connectivity index (χ2v) is 6.04. The van der Waals surface area contributed by atoms with Crippen LogP contribution in [0.3, 0.4) is 0 Å². The maximum atomic E-state index is 5.83. The predicted octanol–water partition coefficient (Wildman–Crippen LogP) is 3.41. The Labute approximate surface area is 106 Å². The van der Waals surface area contributed by atoms with Gasteiger partial charge in [-0.1, -0.05) is 15.9 Å². The molecule has 1 aliphatic rings. The van der Waals surface area contributed by atoms with Crippen LogP contribution < -0.4 is 5.73 Å². The molecule has 1 heterocycles. The van der Waals surface area contributed by atoms with Crippen molar-refractivity contribution < 1.29 is 0 Å². The number of hydrogen-bond acceptors (Lipinski definition) is 2. The Kier molecular flexibility index (Phi) is 3.27. The first kappa shape index (κ1) is 11.9. The first-order chi connectivity index (χ1) is 7.49. The maximum absolute atomic E-state index is 5.83. The summed E-state index contributed by atoms with van der Waals surface area (Å²) in [5, 5.41) is 0. The Bertz CT molecular complexity index is 388. The van der Waals surface area contributed by atoms with Gasteiger partial charge in [-0.2, -0.15) is 0 Å². The molecule has 0 radical (unpaired) electrons. The normalized spacial score (nSPS) is 20.2. The van der Waals surface area contributed by atoms with Crippen LogP contribution in [0.4, 0.5) is 5.69 Å². The molecule has 0 amide bonds. The van der Waals surface area contributed by atoms with Gasteiger partial charge in [-0.15, -0.1) is 0 Å². The molecule has 0 saturated carbocycles. The topological polar surface area (TPSA) is 29.3 Å². The fourth-order valence-corrected chi connectivity index (χ4v) is 2.75. The summed E-state index contributed by atoms with van der Waals surface area (Å²) < 4.78 is 1.16. The van der Waals surface area contributed by atoms with E-state index in [-0.39, 0.29) is 0 Å². The van der Waals surface area contributed by atoms with Crippen molar-refractivity contribution in [3.63, 3.8) is 0 Å². The molecule has 3 heteroatoms. The Morgan fingerprint density at radius 2 is 2.19 bits per heavy atom. The smallest absolute Gasteiger partial charge is 0.0318 e. The van der Waals surface area contributed by atoms with Crippen molar-refractivity contribution in [1.29, 1.82) is 0 Å². The average Bonchev–Trinajstić information content (AvgIpc) is 2.52. The summed E-state index contributed by atoms with van der Waals surface area (Å²) in [7, 11) is 0. The van der Waals surface area contributed by atoms with Gasteiger partial charge in [0.05, 0.1) is 0 Å². The summed E-state index contributed by atoms with van der Waals surface area (Å²) in [5.41, 5.74) is 8.28. The van der Waals surface area contributed by atoms with Crippen molar-refractivity contribution in [3.05, 3.63) is 28.2 Å². The Morgan fingerprint density at radius 1 is 1.44 bits per heavy atom. The molecule has 0 spiro atoms. The molecule has 16 heavy (non-hydrogen) atoms. The molecular weight excluding hydrogens is 264 g/mol. The van der Waals surface area contributed by atoms with Gasteiger partial charge in [-0.3, -0.25) is 4.90 Å². The minimum absolute atomic E-state index is 0.323. The zero-order valence-electron chi connectivity index (χ0n) is 9.96. The summed E-state index contributed by atoms with van der Waals surface area (Å²) in [4.78, 5) is 2.53. The summed E-state index contributed by atoms with van der Waals surface area (Å²) in [6, 6.07) is 6.04. The van der Waals surface area contributed by atoms with Crippen LogP contribution in [0.25, 0.3) is 0 Å². The predicted molar refractivity (Wildman–Crippen MR) is 72.3 cm³/mol. The van der Waals surface area contributed by atoms with Gasteiger partial charge in [-0.05, 0) is 57.0 Å². The summed E-state index contributed by atoms with van der Waals surface area (Å²) >= 11 is 3.59. The lowest BCUT2D eigenvalue weighted by Gasteiger charge is -2.31. The highest BCUT2D eigenvalue weighted by Gasteiger charge is 2.31. The van der Waals surface area contributed by atoms with Crippen molar-refractivity contribution >= 4 is 21.6 Å². The van der Waals surface area contributed by atoms with Gasteiger partial charge in [0, 0.05) is 22.2 Å². The minimum atomic E-state index is 0.323. The van der Waals surface area contributed by atoms with E-state index in [2.05, 4.69) is 40.7 Å². The molecule has 1 aromatic carbocycles. The van der Waals surface area contributed by atoms with Crippen molar-refractivity contribution in [1.82, 2.24) is 4.90 Å². The highest BCUT2D eigenvalue weighted by molar-refractivity contribution is 9.10. The van der Waals surface area contributed by atoms with E-state index in [1.54, 1.807) is 0 Å². The van der Waals surface area contributed by atoms with Crippen LogP contribution in [-0.2, 0) is 6.54 Å². The number of likely N-dealkylation sites (tertiary alicyclic amines) is 1. The fourth-order valence-electron chi connectivity index (χ4n) is 2.38. The second kappa shape index (κ2) is 4.38. The van der Waals surface area contributed by atoms with Gasteiger partial charge < -0.3 is 5.73 Å². The van der Waals surface area contributed by atoms with Crippen LogP contribution in [0.1, 0.15) is 32.3 Å².